The zero-order chi connectivity index (χ0) is 22.4. The van der Waals surface area contributed by atoms with E-state index >= 15 is 0 Å². The zero-order valence-corrected chi connectivity index (χ0v) is 19.4. The van der Waals surface area contributed by atoms with Crippen molar-refractivity contribution in [1.29, 1.82) is 0 Å². The summed E-state index contributed by atoms with van der Waals surface area (Å²) in [5.41, 5.74) is 7.51. The van der Waals surface area contributed by atoms with Gasteiger partial charge in [0.15, 0.2) is 11.4 Å². The Labute approximate surface area is 185 Å². The Kier molecular flexibility index (Phi) is 6.10. The average molecular weight is 435 g/mol. The van der Waals surface area contributed by atoms with Crippen molar-refractivity contribution in [2.24, 2.45) is 35.0 Å². The van der Waals surface area contributed by atoms with E-state index in [2.05, 4.69) is 11.7 Å². The normalized spacial score (nSPS) is 43.2. The first-order chi connectivity index (χ1) is 14.8. The van der Waals surface area contributed by atoms with Gasteiger partial charge in [0, 0.05) is 32.5 Å². The van der Waals surface area contributed by atoms with Crippen molar-refractivity contribution >= 4 is 11.7 Å². The van der Waals surface area contributed by atoms with E-state index < -0.39 is 22.8 Å². The summed E-state index contributed by atoms with van der Waals surface area (Å²) in [6.07, 6.45) is 8.47. The minimum Gasteiger partial charge on any atom is -0.457 e. The summed E-state index contributed by atoms with van der Waals surface area (Å²) >= 11 is 0. The van der Waals surface area contributed by atoms with Crippen molar-refractivity contribution in [3.05, 3.63) is 5.53 Å². The Bertz CT molecular complexity index is 761. The van der Waals surface area contributed by atoms with Crippen LogP contribution in [0.2, 0.25) is 0 Å². The molecule has 7 atom stereocenters. The summed E-state index contributed by atoms with van der Waals surface area (Å²) in [6, 6.07) is 0. The molecule has 0 spiro atoms. The van der Waals surface area contributed by atoms with Gasteiger partial charge >= 0.3 is 11.7 Å². The second-order valence-electron chi connectivity index (χ2n) is 10.5. The molecule has 0 amide bonds. The van der Waals surface area contributed by atoms with Gasteiger partial charge in [-0.2, -0.15) is 4.79 Å². The van der Waals surface area contributed by atoms with Gasteiger partial charge in [-0.05, 0) is 81.5 Å². The highest BCUT2D eigenvalue weighted by atomic mass is 16.7. The van der Waals surface area contributed by atoms with Gasteiger partial charge in [0.1, 0.15) is 0 Å². The lowest BCUT2D eigenvalue weighted by molar-refractivity contribution is -0.247. The molecule has 4 aliphatic rings. The molecule has 4 saturated carbocycles. The van der Waals surface area contributed by atoms with E-state index in [1.54, 1.807) is 21.1 Å². The lowest BCUT2D eigenvalue weighted by Crippen LogP contribution is -2.59. The second kappa shape index (κ2) is 8.26. The van der Waals surface area contributed by atoms with Crippen LogP contribution >= 0.6 is 0 Å². The van der Waals surface area contributed by atoms with E-state index in [-0.39, 0.29) is 12.3 Å². The van der Waals surface area contributed by atoms with Gasteiger partial charge < -0.3 is 24.8 Å². The minimum atomic E-state index is -1.44. The highest BCUT2D eigenvalue weighted by Gasteiger charge is 2.69. The molecular formula is C24H38N2O5. The van der Waals surface area contributed by atoms with Gasteiger partial charge in [-0.3, -0.25) is 0 Å². The first kappa shape index (κ1) is 22.9. The molecule has 0 saturated heterocycles. The quantitative estimate of drug-likeness (QED) is 0.234. The molecule has 0 heterocycles. The number of carbonyl (C=O) groups is 1. The molecule has 0 radical (unpaired) electrons. The summed E-state index contributed by atoms with van der Waals surface area (Å²) in [6.45, 7) is 4.00. The fraction of sp³-hybridized carbons (Fsp3) is 0.917. The van der Waals surface area contributed by atoms with E-state index in [1.165, 1.54) is 0 Å². The molecule has 0 aliphatic heterocycles. The van der Waals surface area contributed by atoms with Crippen molar-refractivity contribution in [2.75, 3.05) is 20.8 Å². The average Bonchev–Trinajstić information content (AvgIpc) is 3.05. The summed E-state index contributed by atoms with van der Waals surface area (Å²) in [4.78, 5) is 15.7. The molecule has 0 bridgehead atoms. The van der Waals surface area contributed by atoms with Crippen molar-refractivity contribution < 1.29 is 28.9 Å². The van der Waals surface area contributed by atoms with E-state index in [4.69, 9.17) is 14.2 Å². The van der Waals surface area contributed by atoms with Crippen molar-refractivity contribution in [3.63, 3.8) is 0 Å². The number of fused-ring (bicyclic) bond motifs is 5. The van der Waals surface area contributed by atoms with E-state index in [0.29, 0.717) is 36.0 Å². The lowest BCUT2D eigenvalue weighted by atomic mass is 9.48. The SMILES string of the molecule is CCOC(=O)C(=[N+]=[N-])C1(O)CC[C@H]2[C@@H]3CC[C@H]4CC(OC)(OC)CC[C@@H]4[C@H]3CC[C@@]21C. The van der Waals surface area contributed by atoms with Gasteiger partial charge in [-0.15, -0.1) is 0 Å². The number of esters is 1. The third-order valence-electron chi connectivity index (χ3n) is 9.81. The molecule has 1 unspecified atom stereocenters. The third-order valence-corrected chi connectivity index (χ3v) is 9.81. The largest absolute Gasteiger partial charge is 0.457 e. The van der Waals surface area contributed by atoms with Crippen LogP contribution < -0.4 is 0 Å². The number of aliphatic hydroxyl groups is 1. The number of methoxy groups -OCH3 is 2. The number of hydrogen-bond donors (Lipinski definition) is 1. The van der Waals surface area contributed by atoms with Crippen LogP contribution in [0.25, 0.3) is 5.53 Å². The van der Waals surface area contributed by atoms with Gasteiger partial charge in [0.2, 0.25) is 0 Å². The summed E-state index contributed by atoms with van der Waals surface area (Å²) in [7, 11) is 3.51. The molecule has 4 aliphatic carbocycles. The van der Waals surface area contributed by atoms with Crippen LogP contribution in [0.4, 0.5) is 0 Å². The van der Waals surface area contributed by atoms with E-state index in [1.807, 2.05) is 0 Å². The predicted molar refractivity (Wildman–Crippen MR) is 114 cm³/mol. The van der Waals surface area contributed by atoms with Crippen LogP contribution in [-0.2, 0) is 19.0 Å². The molecule has 0 aromatic heterocycles. The van der Waals surface area contributed by atoms with E-state index in [0.717, 1.165) is 51.4 Å². The number of ether oxygens (including phenoxy) is 3. The lowest BCUT2D eigenvalue weighted by Gasteiger charge is -2.57. The predicted octanol–water partition coefficient (Wildman–Crippen LogP) is 3.59. The second-order valence-corrected chi connectivity index (χ2v) is 10.5. The van der Waals surface area contributed by atoms with Crippen molar-refractivity contribution in [3.8, 4) is 0 Å². The Balaban J connectivity index is 1.57. The highest BCUT2D eigenvalue weighted by molar-refractivity contribution is 6.37. The van der Waals surface area contributed by atoms with Gasteiger partial charge in [0.05, 0.1) is 6.61 Å². The third kappa shape index (κ3) is 3.31. The molecular weight excluding hydrogens is 396 g/mol. The maximum Gasteiger partial charge on any atom is 0.420 e. The molecule has 0 aromatic rings. The minimum absolute atomic E-state index is 0.187. The number of hydrogen-bond acceptors (Lipinski definition) is 5. The number of nitrogens with zero attached hydrogens (tertiary/aromatic N) is 2. The molecule has 174 valence electrons. The Morgan fingerprint density at radius 1 is 1.03 bits per heavy atom. The van der Waals surface area contributed by atoms with E-state index in [9.17, 15) is 15.4 Å². The molecule has 1 N–H and O–H groups in total. The highest BCUT2D eigenvalue weighted by Crippen LogP contribution is 2.66. The molecule has 0 aromatic carbocycles. The molecule has 4 fully saturated rings. The standard InChI is InChI=1S/C24H38N2O5/c1-5-31-21(27)20(26-25)24(28)13-10-19-18-7-6-15-14-23(29-3,30-4)12-9-16(15)17(18)8-11-22(19,24)2/h15-19,28H,5-14H2,1-4H3/t15-,16-,17+,18+,19-,22-,24?/m0/s1. The topological polar surface area (TPSA) is 101 Å². The molecule has 31 heavy (non-hydrogen) atoms. The monoisotopic (exact) mass is 434 g/mol. The van der Waals surface area contributed by atoms with Crippen LogP contribution in [0.5, 0.6) is 0 Å². The Morgan fingerprint density at radius 3 is 2.39 bits per heavy atom. The summed E-state index contributed by atoms with van der Waals surface area (Å²) in [5.74, 6) is 1.65. The molecule has 7 heteroatoms. The Morgan fingerprint density at radius 2 is 1.74 bits per heavy atom. The fourth-order valence-corrected chi connectivity index (χ4v) is 8.18. The number of rotatable bonds is 5. The van der Waals surface area contributed by atoms with Crippen molar-refractivity contribution in [1.82, 2.24) is 0 Å². The van der Waals surface area contributed by atoms with Gasteiger partial charge in [0.25, 0.3) is 0 Å². The molecule has 7 nitrogen and oxygen atoms in total. The van der Waals surface area contributed by atoms with Crippen LogP contribution in [-0.4, -0.2) is 53.8 Å². The summed E-state index contributed by atoms with van der Waals surface area (Å²) in [5, 5.41) is 11.7. The van der Waals surface area contributed by atoms with Crippen LogP contribution in [0.3, 0.4) is 0 Å². The first-order valence-electron chi connectivity index (χ1n) is 12.0. The maximum absolute atomic E-state index is 12.5. The molecule has 4 rings (SSSR count). The zero-order valence-electron chi connectivity index (χ0n) is 19.4. The van der Waals surface area contributed by atoms with Gasteiger partial charge in [-0.1, -0.05) is 6.92 Å². The Hall–Kier alpha value is -1.27. The van der Waals surface area contributed by atoms with Crippen LogP contribution in [0, 0.1) is 35.0 Å². The van der Waals surface area contributed by atoms with Crippen molar-refractivity contribution in [2.45, 2.75) is 83.0 Å². The fourth-order valence-electron chi connectivity index (χ4n) is 8.18. The number of carbonyl (C=O) groups excluding carboxylic acids is 1. The first-order valence-corrected chi connectivity index (χ1v) is 12.0. The van der Waals surface area contributed by atoms with Crippen LogP contribution in [0.1, 0.15) is 71.6 Å². The van der Waals surface area contributed by atoms with Gasteiger partial charge in [-0.25, -0.2) is 4.79 Å². The smallest absolute Gasteiger partial charge is 0.420 e. The maximum atomic E-state index is 12.5. The van der Waals surface area contributed by atoms with Crippen LogP contribution in [0.15, 0.2) is 0 Å². The summed E-state index contributed by atoms with van der Waals surface area (Å²) < 4.78 is 16.6.